The summed E-state index contributed by atoms with van der Waals surface area (Å²) in [5.74, 6) is -0.194. The maximum Gasteiger partial charge on any atom is 0.266 e. The third-order valence-corrected chi connectivity index (χ3v) is 6.45. The number of carbonyl (C=O) groups is 2. The highest BCUT2D eigenvalue weighted by atomic mass is 16.2. The average molecular weight is 513 g/mol. The first-order valence-corrected chi connectivity index (χ1v) is 13.0. The molecule has 6 nitrogen and oxygen atoms in total. The Morgan fingerprint density at radius 1 is 1.11 bits per heavy atom. The van der Waals surface area contributed by atoms with Gasteiger partial charge in [-0.2, -0.15) is 0 Å². The molecule has 1 aliphatic carbocycles. The molecule has 0 atom stereocenters. The number of rotatable bonds is 9. The van der Waals surface area contributed by atoms with Crippen LogP contribution in [0.1, 0.15) is 74.0 Å². The number of nitrogens with zero attached hydrogens (tertiary/aromatic N) is 1. The normalized spacial score (nSPS) is 12.9. The van der Waals surface area contributed by atoms with Crippen LogP contribution in [0.4, 0.5) is 0 Å². The standard InChI is InChI=1S/C16H17N.C15H20N2O2.CH3N/c1-3-5-12-10-14(16(2)7-8-16)13-6-4-9-17-15(13)11-12;1-4-9-16-15(19)11(2)17-10-13-7-5-6-8-14(13)12(3)18;1-2/h3-6,9-11H,7-8H2,1-2H3;5-8,17H,2,4,9-10H2,1,3H3,(H,16,19);2H,1H2/b5-3-;;. The van der Waals surface area contributed by atoms with E-state index in [1.165, 1.54) is 36.3 Å². The molecular formula is C32H40N4O2. The summed E-state index contributed by atoms with van der Waals surface area (Å²) >= 11 is 0. The van der Waals surface area contributed by atoms with Crippen LogP contribution >= 0.6 is 0 Å². The molecule has 1 amide bonds. The molecule has 200 valence electrons. The molecule has 2 aromatic carbocycles. The van der Waals surface area contributed by atoms with Gasteiger partial charge in [-0.25, -0.2) is 0 Å². The number of pyridine rings is 1. The number of carbonyl (C=O) groups excluding carboxylic acids is 2. The van der Waals surface area contributed by atoms with Crippen molar-refractivity contribution in [1.29, 1.82) is 5.41 Å². The summed E-state index contributed by atoms with van der Waals surface area (Å²) < 4.78 is 0. The average Bonchev–Trinajstić information content (AvgIpc) is 3.69. The lowest BCUT2D eigenvalue weighted by Crippen LogP contribution is -2.31. The minimum atomic E-state index is -0.206. The summed E-state index contributed by atoms with van der Waals surface area (Å²) in [6.07, 6.45) is 9.60. The van der Waals surface area contributed by atoms with Crippen LogP contribution in [0.5, 0.6) is 0 Å². The molecule has 0 spiro atoms. The van der Waals surface area contributed by atoms with Crippen molar-refractivity contribution in [3.05, 3.63) is 95.3 Å². The van der Waals surface area contributed by atoms with Gasteiger partial charge in [0.15, 0.2) is 5.78 Å². The molecule has 0 unspecified atom stereocenters. The zero-order valence-electron chi connectivity index (χ0n) is 23.1. The minimum Gasteiger partial charge on any atom is -0.377 e. The summed E-state index contributed by atoms with van der Waals surface area (Å²) in [7, 11) is 0. The van der Waals surface area contributed by atoms with E-state index in [-0.39, 0.29) is 11.7 Å². The van der Waals surface area contributed by atoms with E-state index in [4.69, 9.17) is 5.41 Å². The summed E-state index contributed by atoms with van der Waals surface area (Å²) in [6.45, 7) is 15.2. The molecule has 1 aliphatic rings. The molecular weight excluding hydrogens is 472 g/mol. The van der Waals surface area contributed by atoms with Crippen molar-refractivity contribution in [2.75, 3.05) is 6.54 Å². The van der Waals surface area contributed by atoms with Gasteiger partial charge < -0.3 is 16.0 Å². The largest absolute Gasteiger partial charge is 0.377 e. The van der Waals surface area contributed by atoms with E-state index in [0.29, 0.717) is 29.8 Å². The second-order valence-corrected chi connectivity index (χ2v) is 9.50. The summed E-state index contributed by atoms with van der Waals surface area (Å²) in [5.41, 5.74) is 6.08. The molecule has 0 aliphatic heterocycles. The number of ketones is 1. The van der Waals surface area contributed by atoms with Gasteiger partial charge in [0.2, 0.25) is 0 Å². The number of allylic oxidation sites excluding steroid dienone is 1. The van der Waals surface area contributed by atoms with E-state index >= 15 is 0 Å². The maximum atomic E-state index is 11.6. The number of fused-ring (bicyclic) bond motifs is 1. The van der Waals surface area contributed by atoms with E-state index in [1.54, 1.807) is 6.07 Å². The molecule has 1 fully saturated rings. The van der Waals surface area contributed by atoms with Gasteiger partial charge in [0.1, 0.15) is 0 Å². The van der Waals surface area contributed by atoms with Crippen LogP contribution in [-0.2, 0) is 16.8 Å². The Morgan fingerprint density at radius 3 is 2.45 bits per heavy atom. The maximum absolute atomic E-state index is 11.6. The van der Waals surface area contributed by atoms with Crippen LogP contribution < -0.4 is 10.6 Å². The Bertz CT molecular complexity index is 1290. The first-order valence-electron chi connectivity index (χ1n) is 13.0. The topological polar surface area (TPSA) is 94.9 Å². The lowest BCUT2D eigenvalue weighted by Gasteiger charge is -2.13. The van der Waals surface area contributed by atoms with E-state index < -0.39 is 0 Å². The van der Waals surface area contributed by atoms with Gasteiger partial charge in [0.25, 0.3) is 5.91 Å². The third kappa shape index (κ3) is 8.23. The fraction of sp³-hybridized carbons (Fsp3) is 0.312. The lowest BCUT2D eigenvalue weighted by molar-refractivity contribution is -0.117. The molecule has 6 heteroatoms. The number of aromatic nitrogens is 1. The second-order valence-electron chi connectivity index (χ2n) is 9.50. The van der Waals surface area contributed by atoms with Crippen LogP contribution in [0, 0.1) is 5.41 Å². The molecule has 38 heavy (non-hydrogen) atoms. The predicted molar refractivity (Wildman–Crippen MR) is 159 cm³/mol. The van der Waals surface area contributed by atoms with Crippen LogP contribution in [0.3, 0.4) is 0 Å². The van der Waals surface area contributed by atoms with Crippen LogP contribution in [0.25, 0.3) is 17.0 Å². The minimum absolute atomic E-state index is 0.0125. The number of hydrogen-bond acceptors (Lipinski definition) is 5. The molecule has 1 saturated carbocycles. The monoisotopic (exact) mass is 512 g/mol. The highest BCUT2D eigenvalue weighted by Crippen LogP contribution is 2.49. The van der Waals surface area contributed by atoms with Crippen molar-refractivity contribution in [3.8, 4) is 0 Å². The molecule has 1 aromatic heterocycles. The highest BCUT2D eigenvalue weighted by Gasteiger charge is 2.40. The van der Waals surface area contributed by atoms with Gasteiger partial charge in [-0.15, -0.1) is 0 Å². The highest BCUT2D eigenvalue weighted by molar-refractivity contribution is 5.95. The van der Waals surface area contributed by atoms with Crippen LogP contribution in [-0.4, -0.2) is 29.9 Å². The fourth-order valence-electron chi connectivity index (χ4n) is 4.09. The van der Waals surface area contributed by atoms with E-state index in [9.17, 15) is 9.59 Å². The molecule has 0 radical (unpaired) electrons. The second kappa shape index (κ2) is 14.6. The van der Waals surface area contributed by atoms with Gasteiger partial charge in [0, 0.05) is 30.2 Å². The SMILES string of the molecule is C/C=C\c1cc(C2(C)CC2)c2cccnc2c1.C=C(NCc1ccccc1C(C)=O)C(=O)NCCC.C=N. The predicted octanol–water partition coefficient (Wildman–Crippen LogP) is 6.60. The van der Waals surface area contributed by atoms with Gasteiger partial charge in [-0.05, 0) is 74.1 Å². The molecule has 4 rings (SSSR count). The molecule has 1 heterocycles. The lowest BCUT2D eigenvalue weighted by atomic mass is 9.92. The summed E-state index contributed by atoms with van der Waals surface area (Å²) in [4.78, 5) is 27.6. The molecule has 0 saturated heterocycles. The molecule has 3 N–H and O–H groups in total. The fourth-order valence-corrected chi connectivity index (χ4v) is 4.09. The van der Waals surface area contributed by atoms with Crippen molar-refractivity contribution >= 4 is 35.4 Å². The quantitative estimate of drug-likeness (QED) is 0.171. The van der Waals surface area contributed by atoms with Gasteiger partial charge in [-0.3, -0.25) is 14.6 Å². The van der Waals surface area contributed by atoms with Crippen molar-refractivity contribution < 1.29 is 9.59 Å². The first-order chi connectivity index (χ1) is 18.3. The van der Waals surface area contributed by atoms with Crippen LogP contribution in [0.2, 0.25) is 0 Å². The van der Waals surface area contributed by atoms with Crippen LogP contribution in [0.15, 0.2) is 73.1 Å². The van der Waals surface area contributed by atoms with Gasteiger partial charge >= 0.3 is 0 Å². The Kier molecular flexibility index (Phi) is 11.6. The van der Waals surface area contributed by atoms with Crippen molar-refractivity contribution in [2.24, 2.45) is 0 Å². The summed E-state index contributed by atoms with van der Waals surface area (Å²) in [6, 6.07) is 16.1. The third-order valence-electron chi connectivity index (χ3n) is 6.45. The van der Waals surface area contributed by atoms with Crippen molar-refractivity contribution in [2.45, 2.75) is 58.9 Å². The Labute approximate surface area is 226 Å². The Morgan fingerprint density at radius 2 is 1.82 bits per heavy atom. The number of amides is 1. The number of benzene rings is 2. The smallest absolute Gasteiger partial charge is 0.266 e. The summed E-state index contributed by atoms with van der Waals surface area (Å²) in [5, 5.41) is 12.5. The van der Waals surface area contributed by atoms with E-state index in [0.717, 1.165) is 17.5 Å². The molecule has 3 aromatic rings. The number of nitrogens with one attached hydrogen (secondary N) is 3. The zero-order chi connectivity index (χ0) is 28.1. The Balaban J connectivity index is 0.000000251. The van der Waals surface area contributed by atoms with Gasteiger partial charge in [-0.1, -0.05) is 69.0 Å². The number of Topliss-reactive ketones (excluding diaryl/α,β-unsaturated/α-hetero) is 1. The zero-order valence-corrected chi connectivity index (χ0v) is 23.1. The molecule has 0 bridgehead atoms. The van der Waals surface area contributed by atoms with Crippen molar-refractivity contribution in [3.63, 3.8) is 0 Å². The van der Waals surface area contributed by atoms with Gasteiger partial charge in [0.05, 0.1) is 11.2 Å². The first kappa shape index (κ1) is 30.2. The van der Waals surface area contributed by atoms with Crippen molar-refractivity contribution in [1.82, 2.24) is 15.6 Å². The van der Waals surface area contributed by atoms with E-state index in [2.05, 4.69) is 73.1 Å². The van der Waals surface area contributed by atoms with E-state index in [1.807, 2.05) is 37.4 Å². The number of hydrogen-bond donors (Lipinski definition) is 3. The Hall–Kier alpha value is -4.06.